The Hall–Kier alpha value is -1.62. The summed E-state index contributed by atoms with van der Waals surface area (Å²) in [5.41, 5.74) is 2.34. The Bertz CT molecular complexity index is 733. The van der Waals surface area contributed by atoms with Crippen molar-refractivity contribution in [2.45, 2.75) is 26.0 Å². The third kappa shape index (κ3) is 4.37. The number of benzene rings is 2. The van der Waals surface area contributed by atoms with Crippen LogP contribution in [-0.4, -0.2) is 31.1 Å². The van der Waals surface area contributed by atoms with Crippen molar-refractivity contribution >= 4 is 12.4 Å². The lowest BCUT2D eigenvalue weighted by Gasteiger charge is -2.23. The summed E-state index contributed by atoms with van der Waals surface area (Å²) in [5.74, 6) is 0.586. The van der Waals surface area contributed by atoms with Crippen LogP contribution in [0.25, 0.3) is 0 Å². The molecular weight excluding hydrogens is 351 g/mol. The van der Waals surface area contributed by atoms with Gasteiger partial charge in [0.1, 0.15) is 18.2 Å². The van der Waals surface area contributed by atoms with E-state index in [0.29, 0.717) is 11.0 Å². The molecule has 2 aromatic rings. The molecule has 140 valence electrons. The summed E-state index contributed by atoms with van der Waals surface area (Å²) in [6, 6.07) is 15.0. The van der Waals surface area contributed by atoms with Crippen LogP contribution in [0.15, 0.2) is 48.5 Å². The van der Waals surface area contributed by atoms with E-state index < -0.39 is 0 Å². The van der Waals surface area contributed by atoms with Gasteiger partial charge in [-0.15, -0.1) is 12.4 Å². The van der Waals surface area contributed by atoms with Crippen LogP contribution in [0.5, 0.6) is 5.75 Å². The van der Waals surface area contributed by atoms with E-state index in [1.54, 1.807) is 12.1 Å². The van der Waals surface area contributed by atoms with Crippen LogP contribution >= 0.6 is 12.4 Å². The second-order valence-corrected chi connectivity index (χ2v) is 7.41. The van der Waals surface area contributed by atoms with E-state index in [1.165, 1.54) is 37.6 Å². The molecule has 0 bridgehead atoms. The molecule has 1 N–H and O–H groups in total. The molecule has 26 heavy (non-hydrogen) atoms. The largest absolute Gasteiger partial charge is 0.489 e. The number of likely N-dealkylation sites (tertiary alicyclic amines) is 1. The molecule has 1 unspecified atom stereocenters. The van der Waals surface area contributed by atoms with Gasteiger partial charge in [-0.3, -0.25) is 4.90 Å². The molecule has 2 aromatic carbocycles. The lowest BCUT2D eigenvalue weighted by Crippen LogP contribution is -2.28. The molecule has 2 aliphatic rings. The molecule has 1 spiro atoms. The molecule has 2 saturated heterocycles. The topological polar surface area (TPSA) is 24.5 Å². The van der Waals surface area contributed by atoms with Crippen LogP contribution in [-0.2, 0) is 13.2 Å². The summed E-state index contributed by atoms with van der Waals surface area (Å²) in [7, 11) is 0. The Morgan fingerprint density at radius 1 is 1.12 bits per heavy atom. The smallest absolute Gasteiger partial charge is 0.129 e. The van der Waals surface area contributed by atoms with Gasteiger partial charge in [-0.2, -0.15) is 0 Å². The minimum Gasteiger partial charge on any atom is -0.489 e. The highest BCUT2D eigenvalue weighted by molar-refractivity contribution is 5.85. The summed E-state index contributed by atoms with van der Waals surface area (Å²) < 4.78 is 19.5. The fourth-order valence-corrected chi connectivity index (χ4v) is 4.07. The van der Waals surface area contributed by atoms with Crippen molar-refractivity contribution in [3.05, 3.63) is 65.5 Å². The Morgan fingerprint density at radius 2 is 2.00 bits per heavy atom. The monoisotopic (exact) mass is 376 g/mol. The summed E-state index contributed by atoms with van der Waals surface area (Å²) in [4.78, 5) is 2.54. The highest BCUT2D eigenvalue weighted by Crippen LogP contribution is 2.36. The third-order valence-electron chi connectivity index (χ3n) is 5.51. The molecule has 0 amide bonds. The van der Waals surface area contributed by atoms with Crippen molar-refractivity contribution in [3.8, 4) is 5.75 Å². The van der Waals surface area contributed by atoms with Crippen molar-refractivity contribution in [1.82, 2.24) is 10.2 Å². The Labute approximate surface area is 161 Å². The average molecular weight is 377 g/mol. The first kappa shape index (κ1) is 19.2. The standard InChI is InChI=1S/C21H25FN2O.ClH/c22-20-7-2-1-5-18(20)14-25-19-6-3-4-17(12-19)13-24-11-9-21(16-24)8-10-23-15-21;/h1-7,12,23H,8-11,13-16H2;1H. The zero-order chi connectivity index (χ0) is 17.1. The number of hydrogen-bond acceptors (Lipinski definition) is 3. The van der Waals surface area contributed by atoms with Gasteiger partial charge >= 0.3 is 0 Å². The second-order valence-electron chi connectivity index (χ2n) is 7.41. The highest BCUT2D eigenvalue weighted by atomic mass is 35.5. The van der Waals surface area contributed by atoms with Crippen LogP contribution < -0.4 is 10.1 Å². The van der Waals surface area contributed by atoms with E-state index in [4.69, 9.17) is 4.74 Å². The van der Waals surface area contributed by atoms with Crippen molar-refractivity contribution in [3.63, 3.8) is 0 Å². The maximum Gasteiger partial charge on any atom is 0.129 e. The van der Waals surface area contributed by atoms with Crippen molar-refractivity contribution in [2.24, 2.45) is 5.41 Å². The quantitative estimate of drug-likeness (QED) is 0.853. The van der Waals surface area contributed by atoms with Gasteiger partial charge in [-0.05, 0) is 55.1 Å². The van der Waals surface area contributed by atoms with Crippen LogP contribution in [0.2, 0.25) is 0 Å². The van der Waals surface area contributed by atoms with Gasteiger partial charge in [-0.1, -0.05) is 30.3 Å². The molecular formula is C21H26ClFN2O. The highest BCUT2D eigenvalue weighted by Gasteiger charge is 2.39. The maximum absolute atomic E-state index is 13.7. The molecule has 0 saturated carbocycles. The predicted octanol–water partition coefficient (Wildman–Crippen LogP) is 4.01. The van der Waals surface area contributed by atoms with Gasteiger partial charge in [0, 0.05) is 25.2 Å². The normalized spacial score (nSPS) is 22.5. The van der Waals surface area contributed by atoms with Crippen LogP contribution in [0.4, 0.5) is 4.39 Å². The number of halogens is 2. The van der Waals surface area contributed by atoms with E-state index in [1.807, 2.05) is 18.2 Å². The first-order valence-corrected chi connectivity index (χ1v) is 9.11. The van der Waals surface area contributed by atoms with Crippen LogP contribution in [0, 0.1) is 11.2 Å². The van der Waals surface area contributed by atoms with E-state index in [-0.39, 0.29) is 24.8 Å². The summed E-state index contributed by atoms with van der Waals surface area (Å²) >= 11 is 0. The first-order chi connectivity index (χ1) is 12.2. The Morgan fingerprint density at radius 3 is 2.81 bits per heavy atom. The Balaban J connectivity index is 0.00000196. The lowest BCUT2D eigenvalue weighted by molar-refractivity contribution is 0.267. The minimum absolute atomic E-state index is 0. The molecule has 3 nitrogen and oxygen atoms in total. The molecule has 0 aromatic heterocycles. The molecule has 4 rings (SSSR count). The maximum atomic E-state index is 13.7. The number of nitrogens with one attached hydrogen (secondary N) is 1. The van der Waals surface area contributed by atoms with Crippen LogP contribution in [0.1, 0.15) is 24.0 Å². The fraction of sp³-hybridized carbons (Fsp3) is 0.429. The van der Waals surface area contributed by atoms with Crippen molar-refractivity contribution in [1.29, 1.82) is 0 Å². The van der Waals surface area contributed by atoms with Gasteiger partial charge in [0.25, 0.3) is 0 Å². The van der Waals surface area contributed by atoms with Gasteiger partial charge in [0.05, 0.1) is 0 Å². The molecule has 2 aliphatic heterocycles. The molecule has 1 atom stereocenters. The SMILES string of the molecule is Cl.Fc1ccccc1COc1cccc(CN2CCC3(CCNC3)C2)c1. The number of rotatable bonds is 5. The number of ether oxygens (including phenoxy) is 1. The Kier molecular flexibility index (Phi) is 6.17. The summed E-state index contributed by atoms with van der Waals surface area (Å²) in [6.45, 7) is 5.89. The molecule has 2 fully saturated rings. The number of nitrogens with zero attached hydrogens (tertiary/aromatic N) is 1. The molecule has 0 radical (unpaired) electrons. The van der Waals surface area contributed by atoms with Gasteiger partial charge in [-0.25, -0.2) is 4.39 Å². The number of hydrogen-bond donors (Lipinski definition) is 1. The van der Waals surface area contributed by atoms with E-state index in [9.17, 15) is 4.39 Å². The molecule has 2 heterocycles. The first-order valence-electron chi connectivity index (χ1n) is 9.11. The summed E-state index contributed by atoms with van der Waals surface area (Å²) in [6.07, 6.45) is 2.60. The lowest BCUT2D eigenvalue weighted by atomic mass is 9.86. The van der Waals surface area contributed by atoms with Crippen molar-refractivity contribution < 1.29 is 9.13 Å². The van der Waals surface area contributed by atoms with Gasteiger partial charge < -0.3 is 10.1 Å². The fourth-order valence-electron chi connectivity index (χ4n) is 4.07. The molecule has 0 aliphatic carbocycles. The van der Waals surface area contributed by atoms with E-state index >= 15 is 0 Å². The van der Waals surface area contributed by atoms with Gasteiger partial charge in [0.15, 0.2) is 0 Å². The van der Waals surface area contributed by atoms with E-state index in [2.05, 4.69) is 22.3 Å². The zero-order valence-corrected chi connectivity index (χ0v) is 15.7. The van der Waals surface area contributed by atoms with Gasteiger partial charge in [0.2, 0.25) is 0 Å². The van der Waals surface area contributed by atoms with E-state index in [0.717, 1.165) is 25.4 Å². The zero-order valence-electron chi connectivity index (χ0n) is 14.9. The second kappa shape index (κ2) is 8.38. The minimum atomic E-state index is -0.216. The summed E-state index contributed by atoms with van der Waals surface area (Å²) in [5, 5.41) is 3.51. The van der Waals surface area contributed by atoms with Crippen LogP contribution in [0.3, 0.4) is 0 Å². The predicted molar refractivity (Wildman–Crippen MR) is 104 cm³/mol. The van der Waals surface area contributed by atoms with Crippen molar-refractivity contribution in [2.75, 3.05) is 26.2 Å². The average Bonchev–Trinajstić information content (AvgIpc) is 3.24. The molecule has 5 heteroatoms. The third-order valence-corrected chi connectivity index (χ3v) is 5.51.